The summed E-state index contributed by atoms with van der Waals surface area (Å²) in [6, 6.07) is 9.30. The minimum Gasteiger partial charge on any atom is -0.351 e. The van der Waals surface area contributed by atoms with Gasteiger partial charge in [-0.1, -0.05) is 12.1 Å². The first kappa shape index (κ1) is 11.7. The molecule has 0 saturated heterocycles. The molecule has 1 unspecified atom stereocenters. The largest absolute Gasteiger partial charge is 0.351 e. The van der Waals surface area contributed by atoms with E-state index in [9.17, 15) is 13.2 Å². The average Bonchev–Trinajstić information content (AvgIpc) is 2.26. The van der Waals surface area contributed by atoms with Gasteiger partial charge in [-0.3, -0.25) is 4.79 Å². The van der Waals surface area contributed by atoms with Crippen molar-refractivity contribution >= 4 is 16.6 Å². The van der Waals surface area contributed by atoms with Crippen LogP contribution >= 0.6 is 0 Å². The Morgan fingerprint density at radius 1 is 1.47 bits per heavy atom. The van der Waals surface area contributed by atoms with Crippen LogP contribution in [0.1, 0.15) is 17.3 Å². The second-order valence-electron chi connectivity index (χ2n) is 3.13. The van der Waals surface area contributed by atoms with Crippen LogP contribution in [0.15, 0.2) is 24.3 Å². The van der Waals surface area contributed by atoms with E-state index in [2.05, 4.69) is 11.4 Å². The Balaban J connectivity index is 2.51. The maximum Gasteiger partial charge on any atom is 0.251 e. The summed E-state index contributed by atoms with van der Waals surface area (Å²) < 4.78 is 21.1. The lowest BCUT2D eigenvalue weighted by molar-refractivity contribution is 0.0954. The highest BCUT2D eigenvalue weighted by Crippen LogP contribution is 1.97. The maximum absolute atomic E-state index is 11.4. The van der Waals surface area contributed by atoms with Gasteiger partial charge in [-0.2, -0.15) is 0 Å². The molecule has 0 bridgehead atoms. The van der Waals surface area contributed by atoms with Crippen LogP contribution < -0.4 is 5.32 Å². The molecule has 0 heterocycles. The van der Waals surface area contributed by atoms with E-state index >= 15 is 0 Å². The van der Waals surface area contributed by atoms with E-state index < -0.39 is 16.0 Å². The monoisotopic (exact) mass is 226 g/mol. The number of nitrogens with one attached hydrogen (secondary N) is 1. The van der Waals surface area contributed by atoms with Crippen molar-refractivity contribution in [2.45, 2.75) is 12.2 Å². The first-order valence-electron chi connectivity index (χ1n) is 4.49. The first-order valence-corrected chi connectivity index (χ1v) is 5.73. The van der Waals surface area contributed by atoms with E-state index in [0.717, 1.165) is 0 Å². The number of benzene rings is 1. The maximum atomic E-state index is 11.4. The summed E-state index contributed by atoms with van der Waals surface area (Å²) in [5, 5.41) is 2.00. The summed E-state index contributed by atoms with van der Waals surface area (Å²) in [4.78, 5) is 11.4. The molecule has 0 aromatic heterocycles. The van der Waals surface area contributed by atoms with Crippen molar-refractivity contribution in [1.29, 1.82) is 0 Å². The van der Waals surface area contributed by atoms with Crippen LogP contribution in [0, 0.1) is 6.07 Å². The Kier molecular flexibility index (Phi) is 4.30. The van der Waals surface area contributed by atoms with Crippen molar-refractivity contribution in [3.63, 3.8) is 0 Å². The lowest BCUT2D eigenvalue weighted by atomic mass is 10.2. The Labute approximate surface area is 90.3 Å². The SMILES string of the molecule is CC(CNC(=O)c1cc[c]cc1)[SH](=O)=O. The fourth-order valence-electron chi connectivity index (χ4n) is 0.955. The fraction of sp³-hybridized carbons (Fsp3) is 0.300. The topological polar surface area (TPSA) is 63.2 Å². The molecule has 15 heavy (non-hydrogen) atoms. The standard InChI is InChI=1S/C10H12NO3S/c1-8(15(13)14)7-11-10(12)9-5-3-2-4-6-9/h3-6,8,15H,7H2,1H3,(H,11,12). The number of hydrogen-bond donors (Lipinski definition) is 2. The minimum atomic E-state index is -2.48. The highest BCUT2D eigenvalue weighted by atomic mass is 32.2. The summed E-state index contributed by atoms with van der Waals surface area (Å²) >= 11 is 0. The van der Waals surface area contributed by atoms with Crippen molar-refractivity contribution in [2.24, 2.45) is 0 Å². The van der Waals surface area contributed by atoms with Crippen molar-refractivity contribution in [3.05, 3.63) is 35.9 Å². The first-order chi connectivity index (χ1) is 7.11. The van der Waals surface area contributed by atoms with Gasteiger partial charge in [0.15, 0.2) is 0 Å². The molecule has 0 aliphatic carbocycles. The van der Waals surface area contributed by atoms with Crippen molar-refractivity contribution in [3.8, 4) is 0 Å². The summed E-state index contributed by atoms with van der Waals surface area (Å²) in [5.41, 5.74) is 0.502. The Bertz CT molecular complexity index is 392. The third-order valence-corrected chi connectivity index (χ3v) is 2.80. The molecule has 5 heteroatoms. The molecule has 1 aromatic rings. The van der Waals surface area contributed by atoms with Gasteiger partial charge in [0.2, 0.25) is 0 Å². The van der Waals surface area contributed by atoms with Gasteiger partial charge < -0.3 is 5.32 Å². The van der Waals surface area contributed by atoms with E-state index in [-0.39, 0.29) is 12.5 Å². The molecule has 1 rings (SSSR count). The molecule has 0 aliphatic rings. The smallest absolute Gasteiger partial charge is 0.251 e. The van der Waals surface area contributed by atoms with Crippen LogP contribution in [0.25, 0.3) is 0 Å². The molecule has 0 aliphatic heterocycles. The molecule has 0 spiro atoms. The van der Waals surface area contributed by atoms with Gasteiger partial charge in [-0.15, -0.1) is 0 Å². The fourth-order valence-corrected chi connectivity index (χ4v) is 1.20. The zero-order chi connectivity index (χ0) is 11.3. The second kappa shape index (κ2) is 5.50. The number of carbonyl (C=O) groups excluding carboxylic acids is 1. The number of carbonyl (C=O) groups is 1. The Morgan fingerprint density at radius 2 is 2.07 bits per heavy atom. The van der Waals surface area contributed by atoms with Crippen molar-refractivity contribution in [1.82, 2.24) is 5.32 Å². The molecule has 81 valence electrons. The molecule has 1 aromatic carbocycles. The molecule has 1 N–H and O–H groups in total. The minimum absolute atomic E-state index is 0.135. The van der Waals surface area contributed by atoms with Crippen LogP contribution in [0.3, 0.4) is 0 Å². The molecular weight excluding hydrogens is 214 g/mol. The highest BCUT2D eigenvalue weighted by molar-refractivity contribution is 7.73. The zero-order valence-electron chi connectivity index (χ0n) is 8.27. The normalized spacial score (nSPS) is 12.4. The lowest BCUT2D eigenvalue weighted by Gasteiger charge is -2.06. The Hall–Kier alpha value is -1.36. The zero-order valence-corrected chi connectivity index (χ0v) is 9.16. The van der Waals surface area contributed by atoms with Gasteiger partial charge >= 0.3 is 0 Å². The van der Waals surface area contributed by atoms with Gasteiger partial charge in [0.1, 0.15) is 10.7 Å². The molecule has 1 radical (unpaired) electrons. The van der Waals surface area contributed by atoms with E-state index in [0.29, 0.717) is 5.56 Å². The number of hydrogen-bond acceptors (Lipinski definition) is 3. The summed E-state index contributed by atoms with van der Waals surface area (Å²) in [6.07, 6.45) is 0. The van der Waals surface area contributed by atoms with Crippen LogP contribution in [0.2, 0.25) is 0 Å². The van der Waals surface area contributed by atoms with Crippen molar-refractivity contribution < 1.29 is 13.2 Å². The summed E-state index contributed by atoms with van der Waals surface area (Å²) in [5.74, 6) is -0.271. The molecule has 0 saturated carbocycles. The van der Waals surface area contributed by atoms with E-state index in [1.54, 1.807) is 31.2 Å². The van der Waals surface area contributed by atoms with Gasteiger partial charge in [0.25, 0.3) is 5.91 Å². The lowest BCUT2D eigenvalue weighted by Crippen LogP contribution is -2.31. The number of rotatable bonds is 4. The third kappa shape index (κ3) is 3.71. The van der Waals surface area contributed by atoms with Crippen LogP contribution in [-0.2, 0) is 10.7 Å². The molecule has 0 fully saturated rings. The van der Waals surface area contributed by atoms with Crippen LogP contribution in [0.5, 0.6) is 0 Å². The summed E-state index contributed by atoms with van der Waals surface area (Å²) in [7, 11) is -2.48. The molecule has 1 atom stereocenters. The van der Waals surface area contributed by atoms with E-state index in [1.165, 1.54) is 0 Å². The molecule has 4 nitrogen and oxygen atoms in total. The number of thiol groups is 1. The summed E-state index contributed by atoms with van der Waals surface area (Å²) in [6.45, 7) is 1.68. The van der Waals surface area contributed by atoms with E-state index in [1.807, 2.05) is 0 Å². The van der Waals surface area contributed by atoms with Gasteiger partial charge in [0, 0.05) is 12.1 Å². The predicted molar refractivity (Wildman–Crippen MR) is 57.4 cm³/mol. The highest BCUT2D eigenvalue weighted by Gasteiger charge is 2.08. The predicted octanol–water partition coefficient (Wildman–Crippen LogP) is 0.216. The molecule has 1 amide bonds. The van der Waals surface area contributed by atoms with Gasteiger partial charge in [0.05, 0.1) is 5.25 Å². The van der Waals surface area contributed by atoms with Gasteiger partial charge in [-0.05, 0) is 25.1 Å². The molecular formula is C10H12NO3S. The second-order valence-corrected chi connectivity index (χ2v) is 4.59. The Morgan fingerprint density at radius 3 is 2.60 bits per heavy atom. The van der Waals surface area contributed by atoms with Crippen LogP contribution in [0.4, 0.5) is 0 Å². The van der Waals surface area contributed by atoms with Crippen molar-refractivity contribution in [2.75, 3.05) is 6.54 Å². The average molecular weight is 226 g/mol. The van der Waals surface area contributed by atoms with Gasteiger partial charge in [-0.25, -0.2) is 8.42 Å². The van der Waals surface area contributed by atoms with Crippen LogP contribution in [-0.4, -0.2) is 26.1 Å². The number of amides is 1. The van der Waals surface area contributed by atoms with E-state index in [4.69, 9.17) is 0 Å². The third-order valence-electron chi connectivity index (χ3n) is 1.90. The quantitative estimate of drug-likeness (QED) is 0.722.